The molecule has 0 aliphatic carbocycles. The molecule has 2 nitrogen and oxygen atoms in total. The quantitative estimate of drug-likeness (QED) is 0.354. The van der Waals surface area contributed by atoms with E-state index in [0.717, 1.165) is 0 Å². The topological polar surface area (TPSA) is 40.1 Å². The van der Waals surface area contributed by atoms with Gasteiger partial charge in [0.25, 0.3) is 0 Å². The van der Waals surface area contributed by atoms with Crippen LogP contribution < -0.4 is 24.0 Å². The fraction of sp³-hybridized carbons (Fsp3) is 1.00. The average molecular weight is 236 g/mol. The maximum atomic E-state index is 9.70. The second-order valence-corrected chi connectivity index (χ2v) is 2.77. The van der Waals surface area contributed by atoms with E-state index in [2.05, 4.69) is 0 Å². The molecule has 0 aromatic carbocycles. The molecule has 0 aromatic rings. The van der Waals surface area contributed by atoms with Gasteiger partial charge in [0.05, 0.1) is 0 Å². The molecule has 7 heavy (non-hydrogen) atoms. The lowest BCUT2D eigenvalue weighted by atomic mass is 10.6. The van der Waals surface area contributed by atoms with Gasteiger partial charge in [-0.25, -0.2) is 0 Å². The van der Waals surface area contributed by atoms with Gasteiger partial charge in [0.2, 0.25) is 24.0 Å². The highest BCUT2D eigenvalue weighted by Gasteiger charge is 1.85. The third kappa shape index (κ3) is 6.84. The van der Waals surface area contributed by atoms with Crippen LogP contribution in [0, 0.1) is 0 Å². The summed E-state index contributed by atoms with van der Waals surface area (Å²) in [7, 11) is 0. The van der Waals surface area contributed by atoms with Crippen molar-refractivity contribution in [2.45, 2.75) is 19.1 Å². The molecule has 0 saturated carbocycles. The van der Waals surface area contributed by atoms with Crippen LogP contribution in [0.15, 0.2) is 0 Å². The molecule has 0 N–H and O–H groups in total. The monoisotopic (exact) mass is 236 g/mol. The van der Waals surface area contributed by atoms with E-state index in [-0.39, 0.29) is 29.2 Å². The first kappa shape index (κ1) is 10.8. The first-order valence-electron chi connectivity index (χ1n) is 1.72. The van der Waals surface area contributed by atoms with Crippen LogP contribution in [0.3, 0.4) is 0 Å². The summed E-state index contributed by atoms with van der Waals surface area (Å²) >= 11 is -1.87. The lowest BCUT2D eigenvalue weighted by molar-refractivity contribution is -0.00000373. The van der Waals surface area contributed by atoms with Crippen molar-refractivity contribution >= 4 is 11.1 Å². The smallest absolute Gasteiger partial charge is 0.235 e. The van der Waals surface area contributed by atoms with Crippen LogP contribution in [0.2, 0.25) is 0 Å². The Hall–Kier alpha value is 0.840. The van der Waals surface area contributed by atoms with Gasteiger partial charge >= 0.3 is 0 Å². The van der Waals surface area contributed by atoms with Crippen LogP contribution in [0.4, 0.5) is 0 Å². The Bertz CT molecular complexity index is 64.0. The molecule has 0 fully saturated rings. The van der Waals surface area contributed by atoms with Crippen molar-refractivity contribution in [2.75, 3.05) is 0 Å². The molecule has 0 aliphatic rings. The minimum atomic E-state index is -1.87. The number of rotatable bonds is 1. The van der Waals surface area contributed by atoms with E-state index in [1.807, 2.05) is 0 Å². The summed E-state index contributed by atoms with van der Waals surface area (Å²) in [4.78, 5) is 0. The fourth-order valence-corrected chi connectivity index (χ4v) is 0. The van der Waals surface area contributed by atoms with Crippen LogP contribution in [-0.2, 0) is 11.1 Å². The molecule has 0 heterocycles. The molecule has 0 amide bonds. The summed E-state index contributed by atoms with van der Waals surface area (Å²) in [6, 6.07) is 0. The molecule has 0 aromatic heterocycles. The molecule has 1 unspecified atom stereocenters. The van der Waals surface area contributed by atoms with E-state index < -0.39 is 11.1 Å². The van der Waals surface area contributed by atoms with Crippen LogP contribution in [0.1, 0.15) is 13.8 Å². The Morgan fingerprint density at radius 2 is 1.71 bits per heavy atom. The van der Waals surface area contributed by atoms with Crippen molar-refractivity contribution < 1.29 is 32.7 Å². The Kier molecular flexibility index (Phi) is 7.66. The number of hydrogen-bond donors (Lipinski definition) is 0. The third-order valence-corrected chi connectivity index (χ3v) is 1.15. The predicted molar refractivity (Wildman–Crippen MR) is 26.8 cm³/mol. The highest BCUT2D eigenvalue weighted by atomic mass is 127. The Labute approximate surface area is 63.0 Å². The summed E-state index contributed by atoms with van der Waals surface area (Å²) in [5.41, 5.74) is 0. The van der Waals surface area contributed by atoms with E-state index in [1.165, 1.54) is 0 Å². The molecular formula is C3H9IO2S. The first-order chi connectivity index (χ1) is 2.64. The molecule has 0 aliphatic heterocycles. The molecular weight excluding hydrogens is 227 g/mol. The van der Waals surface area contributed by atoms with Gasteiger partial charge in [-0.05, 0) is 0 Å². The number of halogens is 1. The SMILES string of the molecule is CC(C)S(=O)[O-].[IH2+]. The Balaban J connectivity index is 0. The lowest BCUT2D eigenvalue weighted by Gasteiger charge is -2.05. The normalized spacial score (nSPS) is 13.1. The zero-order valence-electron chi connectivity index (χ0n) is 4.25. The van der Waals surface area contributed by atoms with Crippen LogP contribution in [0.25, 0.3) is 0 Å². The highest BCUT2D eigenvalue weighted by Crippen LogP contribution is 1.84. The lowest BCUT2D eigenvalue weighted by Crippen LogP contribution is -3.00. The largest absolute Gasteiger partial charge is 0.772 e. The van der Waals surface area contributed by atoms with Crippen LogP contribution in [-0.4, -0.2) is 14.0 Å². The van der Waals surface area contributed by atoms with Crippen molar-refractivity contribution in [1.82, 2.24) is 0 Å². The van der Waals surface area contributed by atoms with E-state index >= 15 is 0 Å². The predicted octanol–water partition coefficient (Wildman–Crippen LogP) is -3.26. The molecule has 46 valence electrons. The summed E-state index contributed by atoms with van der Waals surface area (Å²) in [6.45, 7) is 3.26. The molecule has 0 spiro atoms. The summed E-state index contributed by atoms with van der Waals surface area (Å²) in [5, 5.41) is -0.231. The van der Waals surface area contributed by atoms with Gasteiger partial charge in [-0.2, -0.15) is 0 Å². The van der Waals surface area contributed by atoms with E-state index in [0.29, 0.717) is 0 Å². The van der Waals surface area contributed by atoms with Crippen molar-refractivity contribution in [3.8, 4) is 0 Å². The standard InChI is InChI=1S/C3H8O2S.H2I/c1-3(2)6(4)5;/h3H,1-2H3,(H,4,5);1H2/q;+1/p-1. The second kappa shape index (κ2) is 4.99. The van der Waals surface area contributed by atoms with Gasteiger partial charge in [0.1, 0.15) is 0 Å². The van der Waals surface area contributed by atoms with Gasteiger partial charge in [-0.1, -0.05) is 24.9 Å². The van der Waals surface area contributed by atoms with Crippen LogP contribution in [0.5, 0.6) is 0 Å². The highest BCUT2D eigenvalue weighted by molar-refractivity contribution is 7.79. The Morgan fingerprint density at radius 3 is 1.71 bits per heavy atom. The van der Waals surface area contributed by atoms with E-state index in [4.69, 9.17) is 0 Å². The maximum Gasteiger partial charge on any atom is 0.235 e. The molecule has 1 atom stereocenters. The van der Waals surface area contributed by atoms with Gasteiger partial charge in [-0.3, -0.25) is 4.21 Å². The van der Waals surface area contributed by atoms with Gasteiger partial charge in [-0.15, -0.1) is 0 Å². The molecule has 0 rings (SSSR count). The van der Waals surface area contributed by atoms with Crippen molar-refractivity contribution in [3.05, 3.63) is 0 Å². The fourth-order valence-electron chi connectivity index (χ4n) is 0. The van der Waals surface area contributed by atoms with Gasteiger partial charge < -0.3 is 4.55 Å². The van der Waals surface area contributed by atoms with Gasteiger partial charge in [0.15, 0.2) is 0 Å². The van der Waals surface area contributed by atoms with Gasteiger partial charge in [0, 0.05) is 5.25 Å². The van der Waals surface area contributed by atoms with Crippen molar-refractivity contribution in [3.63, 3.8) is 0 Å². The molecule has 0 saturated heterocycles. The van der Waals surface area contributed by atoms with E-state index in [1.54, 1.807) is 13.8 Å². The number of hydrogen-bond acceptors (Lipinski definition) is 2. The average Bonchev–Trinajstić information content (AvgIpc) is 1.36. The van der Waals surface area contributed by atoms with Crippen LogP contribution >= 0.6 is 0 Å². The summed E-state index contributed by atoms with van der Waals surface area (Å²) in [6.07, 6.45) is 0. The second-order valence-electron chi connectivity index (χ2n) is 1.31. The minimum absolute atomic E-state index is 0. The zero-order valence-corrected chi connectivity index (χ0v) is 7.62. The molecule has 0 bridgehead atoms. The molecule has 0 radical (unpaired) electrons. The zero-order chi connectivity index (χ0) is 5.15. The summed E-state index contributed by atoms with van der Waals surface area (Å²) < 4.78 is 19.4. The molecule has 4 heteroatoms. The summed E-state index contributed by atoms with van der Waals surface area (Å²) in [5.74, 6) is 0. The van der Waals surface area contributed by atoms with E-state index in [9.17, 15) is 8.76 Å². The maximum absolute atomic E-state index is 9.70. The minimum Gasteiger partial charge on any atom is -0.772 e. The van der Waals surface area contributed by atoms with Crippen molar-refractivity contribution in [2.24, 2.45) is 0 Å². The first-order valence-corrected chi connectivity index (χ1v) is 2.86. The third-order valence-electron chi connectivity index (χ3n) is 0.385. The van der Waals surface area contributed by atoms with Crippen molar-refractivity contribution in [1.29, 1.82) is 0 Å². The Morgan fingerprint density at radius 1 is 1.57 bits per heavy atom.